The van der Waals surface area contributed by atoms with Gasteiger partial charge in [0.25, 0.3) is 0 Å². The molecule has 2 aromatic rings. The summed E-state index contributed by atoms with van der Waals surface area (Å²) in [7, 11) is 2.94. The van der Waals surface area contributed by atoms with Crippen molar-refractivity contribution in [3.05, 3.63) is 30.2 Å². The van der Waals surface area contributed by atoms with Crippen molar-refractivity contribution in [1.29, 1.82) is 0 Å². The van der Waals surface area contributed by atoms with Crippen LogP contribution in [-0.4, -0.2) is 34.5 Å². The van der Waals surface area contributed by atoms with E-state index in [2.05, 4.69) is 14.8 Å². The van der Waals surface area contributed by atoms with E-state index in [0.717, 1.165) is 0 Å². The van der Waals surface area contributed by atoms with Crippen LogP contribution in [0.4, 0.5) is 4.39 Å². The number of carbonyl (C=O) groups is 1. The van der Waals surface area contributed by atoms with Gasteiger partial charge in [-0.25, -0.2) is 9.18 Å². The number of aromatic nitrogens is 3. The van der Waals surface area contributed by atoms with Gasteiger partial charge in [0.05, 0.1) is 18.5 Å². The molecule has 0 fully saturated rings. The van der Waals surface area contributed by atoms with Crippen LogP contribution in [0.2, 0.25) is 0 Å². The Morgan fingerprint density at radius 3 is 2.95 bits per heavy atom. The highest BCUT2D eigenvalue weighted by Gasteiger charge is 2.11. The number of methoxy groups -OCH3 is 1. The van der Waals surface area contributed by atoms with Gasteiger partial charge >= 0.3 is 5.97 Å². The van der Waals surface area contributed by atoms with Crippen LogP contribution in [0.5, 0.6) is 5.88 Å². The molecule has 0 aliphatic heterocycles. The standard InChI is InChI=1S/C12H12FN3O3/c1-16-10(9-5-8(13)3-4-14-9)6-11(15-16)19-7-12(17)18-2/h3-6H,7H2,1-2H3. The highest BCUT2D eigenvalue weighted by molar-refractivity contribution is 5.70. The Morgan fingerprint density at radius 2 is 2.26 bits per heavy atom. The van der Waals surface area contributed by atoms with Gasteiger partial charge in [-0.15, -0.1) is 5.10 Å². The number of halogens is 1. The third-order valence-corrected chi connectivity index (χ3v) is 2.41. The SMILES string of the molecule is COC(=O)COc1cc(-c2cc(F)ccn2)n(C)n1. The lowest BCUT2D eigenvalue weighted by Gasteiger charge is -1.99. The average Bonchev–Trinajstić information content (AvgIpc) is 2.77. The maximum absolute atomic E-state index is 13.1. The number of aryl methyl sites for hydroxylation is 1. The van der Waals surface area contributed by atoms with Crippen LogP contribution >= 0.6 is 0 Å². The zero-order chi connectivity index (χ0) is 13.8. The fraction of sp³-hybridized carbons (Fsp3) is 0.250. The van der Waals surface area contributed by atoms with E-state index in [1.807, 2.05) is 0 Å². The molecule has 2 aromatic heterocycles. The third-order valence-electron chi connectivity index (χ3n) is 2.41. The number of ether oxygens (including phenoxy) is 2. The summed E-state index contributed by atoms with van der Waals surface area (Å²) in [5.74, 6) is -0.645. The fourth-order valence-electron chi connectivity index (χ4n) is 1.49. The Morgan fingerprint density at radius 1 is 1.47 bits per heavy atom. The molecule has 2 rings (SSSR count). The Bertz CT molecular complexity index is 598. The number of rotatable bonds is 4. The summed E-state index contributed by atoms with van der Waals surface area (Å²) in [6.45, 7) is -0.233. The second-order valence-corrected chi connectivity index (χ2v) is 3.72. The summed E-state index contributed by atoms with van der Waals surface area (Å²) in [5, 5.41) is 4.05. The number of hydrogen-bond donors (Lipinski definition) is 0. The van der Waals surface area contributed by atoms with E-state index in [4.69, 9.17) is 4.74 Å². The number of hydrogen-bond acceptors (Lipinski definition) is 5. The van der Waals surface area contributed by atoms with Gasteiger partial charge in [-0.05, 0) is 6.07 Å². The Kier molecular flexibility index (Phi) is 3.74. The molecule has 0 N–H and O–H groups in total. The number of esters is 1. The quantitative estimate of drug-likeness (QED) is 0.776. The Balaban J connectivity index is 2.19. The third kappa shape index (κ3) is 3.06. The summed E-state index contributed by atoms with van der Waals surface area (Å²) in [6.07, 6.45) is 1.37. The second-order valence-electron chi connectivity index (χ2n) is 3.72. The Labute approximate surface area is 108 Å². The van der Waals surface area contributed by atoms with E-state index < -0.39 is 5.97 Å². The molecule has 0 saturated carbocycles. The van der Waals surface area contributed by atoms with Gasteiger partial charge < -0.3 is 9.47 Å². The van der Waals surface area contributed by atoms with Crippen LogP contribution in [0, 0.1) is 5.82 Å². The van der Waals surface area contributed by atoms with Gasteiger partial charge in [0.2, 0.25) is 5.88 Å². The van der Waals surface area contributed by atoms with Crippen molar-refractivity contribution in [1.82, 2.24) is 14.8 Å². The first-order valence-corrected chi connectivity index (χ1v) is 5.45. The number of pyridine rings is 1. The van der Waals surface area contributed by atoms with Crippen LogP contribution in [-0.2, 0) is 16.6 Å². The van der Waals surface area contributed by atoms with E-state index in [-0.39, 0.29) is 18.3 Å². The van der Waals surface area contributed by atoms with Crippen molar-refractivity contribution in [2.24, 2.45) is 7.05 Å². The molecule has 0 spiro atoms. The van der Waals surface area contributed by atoms with Gasteiger partial charge in [0.15, 0.2) is 6.61 Å². The fourth-order valence-corrected chi connectivity index (χ4v) is 1.49. The van der Waals surface area contributed by atoms with Crippen molar-refractivity contribution in [2.45, 2.75) is 0 Å². The maximum atomic E-state index is 13.1. The summed E-state index contributed by atoms with van der Waals surface area (Å²) in [5.41, 5.74) is 1.02. The average molecular weight is 265 g/mol. The molecule has 2 heterocycles. The normalized spacial score (nSPS) is 10.3. The largest absolute Gasteiger partial charge is 0.466 e. The topological polar surface area (TPSA) is 66.2 Å². The van der Waals surface area contributed by atoms with Crippen molar-refractivity contribution < 1.29 is 18.7 Å². The van der Waals surface area contributed by atoms with Crippen molar-refractivity contribution in [3.8, 4) is 17.3 Å². The minimum Gasteiger partial charge on any atom is -0.466 e. The van der Waals surface area contributed by atoms with Crippen molar-refractivity contribution in [3.63, 3.8) is 0 Å². The molecule has 6 nitrogen and oxygen atoms in total. The van der Waals surface area contributed by atoms with E-state index in [1.54, 1.807) is 13.1 Å². The van der Waals surface area contributed by atoms with Gasteiger partial charge in [0.1, 0.15) is 5.82 Å². The van der Waals surface area contributed by atoms with Crippen LogP contribution < -0.4 is 4.74 Å². The first kappa shape index (κ1) is 13.0. The highest BCUT2D eigenvalue weighted by atomic mass is 19.1. The molecule has 0 bridgehead atoms. The lowest BCUT2D eigenvalue weighted by Crippen LogP contribution is -2.12. The van der Waals surface area contributed by atoms with Gasteiger partial charge in [-0.3, -0.25) is 9.67 Å². The molecular formula is C12H12FN3O3. The van der Waals surface area contributed by atoms with Crippen molar-refractivity contribution >= 4 is 5.97 Å². The van der Waals surface area contributed by atoms with Gasteiger partial charge in [-0.1, -0.05) is 0 Å². The first-order chi connectivity index (χ1) is 9.10. The van der Waals surface area contributed by atoms with Gasteiger partial charge in [-0.2, -0.15) is 0 Å². The predicted octanol–water partition coefficient (Wildman–Crippen LogP) is 1.17. The molecule has 0 aliphatic carbocycles. The van der Waals surface area contributed by atoms with E-state index in [0.29, 0.717) is 11.4 Å². The van der Waals surface area contributed by atoms with E-state index in [9.17, 15) is 9.18 Å². The predicted molar refractivity (Wildman–Crippen MR) is 63.9 cm³/mol. The molecule has 0 atom stereocenters. The zero-order valence-electron chi connectivity index (χ0n) is 10.5. The van der Waals surface area contributed by atoms with Crippen molar-refractivity contribution in [2.75, 3.05) is 13.7 Å². The lowest BCUT2D eigenvalue weighted by atomic mass is 10.2. The second kappa shape index (κ2) is 5.47. The van der Waals surface area contributed by atoms with E-state index >= 15 is 0 Å². The minimum atomic E-state index is -0.504. The molecule has 0 aliphatic rings. The highest BCUT2D eigenvalue weighted by Crippen LogP contribution is 2.21. The smallest absolute Gasteiger partial charge is 0.343 e. The Hall–Kier alpha value is -2.44. The molecule has 100 valence electrons. The first-order valence-electron chi connectivity index (χ1n) is 5.45. The van der Waals surface area contributed by atoms with Crippen LogP contribution in [0.1, 0.15) is 0 Å². The number of nitrogens with zero attached hydrogens (tertiary/aromatic N) is 3. The molecule has 7 heteroatoms. The molecule has 0 radical (unpaired) electrons. The molecule has 0 aromatic carbocycles. The molecular weight excluding hydrogens is 253 g/mol. The van der Waals surface area contributed by atoms with Crippen LogP contribution in [0.3, 0.4) is 0 Å². The molecule has 0 amide bonds. The lowest BCUT2D eigenvalue weighted by molar-refractivity contribution is -0.143. The van der Waals surface area contributed by atoms with E-state index in [1.165, 1.54) is 30.1 Å². The summed E-state index contributed by atoms with van der Waals surface area (Å²) in [6, 6.07) is 4.13. The maximum Gasteiger partial charge on any atom is 0.343 e. The van der Waals surface area contributed by atoms with Crippen LogP contribution in [0.15, 0.2) is 24.4 Å². The summed E-state index contributed by atoms with van der Waals surface area (Å²) >= 11 is 0. The molecule has 0 unspecified atom stereocenters. The molecule has 19 heavy (non-hydrogen) atoms. The summed E-state index contributed by atoms with van der Waals surface area (Å²) in [4.78, 5) is 15.0. The summed E-state index contributed by atoms with van der Waals surface area (Å²) < 4.78 is 24.2. The molecule has 0 saturated heterocycles. The van der Waals surface area contributed by atoms with Crippen LogP contribution in [0.25, 0.3) is 11.4 Å². The zero-order valence-corrected chi connectivity index (χ0v) is 10.5. The number of carbonyl (C=O) groups excluding carboxylic acids is 1. The monoisotopic (exact) mass is 265 g/mol. The minimum absolute atomic E-state index is 0.233. The van der Waals surface area contributed by atoms with Gasteiger partial charge in [0, 0.05) is 25.4 Å².